The Morgan fingerprint density at radius 1 is 1.16 bits per heavy atom. The summed E-state index contributed by atoms with van der Waals surface area (Å²) in [5, 5.41) is 3.61. The monoisotopic (exact) mass is 330 g/mol. The lowest BCUT2D eigenvalue weighted by Gasteiger charge is -2.33. The predicted octanol–water partition coefficient (Wildman–Crippen LogP) is 5.79. The molecule has 2 aliphatic carbocycles. The van der Waals surface area contributed by atoms with Crippen molar-refractivity contribution in [3.05, 3.63) is 78.3 Å². The molecule has 2 aromatic rings. The smallest absolute Gasteiger partial charge is 0.0387 e. The van der Waals surface area contributed by atoms with Gasteiger partial charge in [0.2, 0.25) is 0 Å². The maximum Gasteiger partial charge on any atom is 0.0387 e. The van der Waals surface area contributed by atoms with E-state index >= 15 is 0 Å². The van der Waals surface area contributed by atoms with E-state index in [2.05, 4.69) is 60.7 Å². The molecule has 2 bridgehead atoms. The molecule has 4 unspecified atom stereocenters. The highest BCUT2D eigenvalue weighted by molar-refractivity contribution is 5.61. The van der Waals surface area contributed by atoms with Crippen molar-refractivity contribution in [1.82, 2.24) is 4.98 Å². The number of allylic oxidation sites excluding steroid dienone is 1. The van der Waals surface area contributed by atoms with E-state index in [1.165, 1.54) is 36.0 Å². The van der Waals surface area contributed by atoms with E-state index in [4.69, 9.17) is 0 Å². The van der Waals surface area contributed by atoms with Gasteiger partial charge < -0.3 is 5.32 Å². The van der Waals surface area contributed by atoms with Crippen molar-refractivity contribution in [2.75, 3.05) is 5.32 Å². The van der Waals surface area contributed by atoms with E-state index < -0.39 is 0 Å². The number of hydrogen-bond acceptors (Lipinski definition) is 2. The van der Waals surface area contributed by atoms with E-state index in [9.17, 15) is 0 Å². The SMILES string of the molecule is C=Cc1cc(NC(=C)C2C3CCC(C3)C2c2ccncc2)ccc1C. The van der Waals surface area contributed by atoms with Crippen LogP contribution in [0.1, 0.15) is 41.9 Å². The van der Waals surface area contributed by atoms with Crippen LogP contribution >= 0.6 is 0 Å². The van der Waals surface area contributed by atoms with E-state index in [1.54, 1.807) is 0 Å². The topological polar surface area (TPSA) is 24.9 Å². The summed E-state index contributed by atoms with van der Waals surface area (Å²) in [7, 11) is 0. The number of anilines is 1. The van der Waals surface area contributed by atoms with Crippen molar-refractivity contribution in [1.29, 1.82) is 0 Å². The van der Waals surface area contributed by atoms with Gasteiger partial charge in [-0.2, -0.15) is 0 Å². The standard InChI is InChI=1S/C23H26N2/c1-4-17-14-21(8-5-15(17)2)25-16(3)22-19-6-7-20(13-19)23(22)18-9-11-24-12-10-18/h4-5,8-12,14,19-20,22-23,25H,1,3,6-7,13H2,2H3. The molecular weight excluding hydrogens is 304 g/mol. The summed E-state index contributed by atoms with van der Waals surface area (Å²) < 4.78 is 0. The molecule has 1 N–H and O–H groups in total. The Morgan fingerprint density at radius 3 is 2.68 bits per heavy atom. The summed E-state index contributed by atoms with van der Waals surface area (Å²) in [6, 6.07) is 10.8. The van der Waals surface area contributed by atoms with Crippen LogP contribution in [0.15, 0.2) is 61.6 Å². The normalized spacial score (nSPS) is 27.2. The van der Waals surface area contributed by atoms with E-state index in [0.29, 0.717) is 11.8 Å². The minimum atomic E-state index is 0.509. The Hall–Kier alpha value is -2.35. The number of rotatable bonds is 5. The van der Waals surface area contributed by atoms with Gasteiger partial charge in [0.25, 0.3) is 0 Å². The maximum absolute atomic E-state index is 4.45. The summed E-state index contributed by atoms with van der Waals surface area (Å²) in [5.41, 5.74) is 6.12. The molecule has 0 spiro atoms. The molecule has 4 rings (SSSR count). The van der Waals surface area contributed by atoms with Crippen LogP contribution in [-0.2, 0) is 0 Å². The van der Waals surface area contributed by atoms with Gasteiger partial charge in [0.15, 0.2) is 0 Å². The second kappa shape index (κ2) is 6.51. The number of fused-ring (bicyclic) bond motifs is 2. The molecule has 0 saturated heterocycles. The number of hydrogen-bond donors (Lipinski definition) is 1. The molecule has 2 aliphatic rings. The zero-order valence-electron chi connectivity index (χ0n) is 14.9. The molecule has 0 aliphatic heterocycles. The average molecular weight is 330 g/mol. The molecule has 1 heterocycles. The molecule has 2 nitrogen and oxygen atoms in total. The van der Waals surface area contributed by atoms with Gasteiger partial charge in [0.05, 0.1) is 0 Å². The number of nitrogens with zero attached hydrogens (tertiary/aromatic N) is 1. The molecule has 2 heteroatoms. The molecule has 1 aromatic heterocycles. The van der Waals surface area contributed by atoms with E-state index in [1.807, 2.05) is 18.5 Å². The Kier molecular flexibility index (Phi) is 4.20. The first-order valence-electron chi connectivity index (χ1n) is 9.26. The van der Waals surface area contributed by atoms with Crippen LogP contribution in [0.2, 0.25) is 0 Å². The summed E-state index contributed by atoms with van der Waals surface area (Å²) in [6.45, 7) is 10.5. The van der Waals surface area contributed by atoms with Crippen LogP contribution in [0, 0.1) is 24.7 Å². The molecule has 0 amide bonds. The van der Waals surface area contributed by atoms with Crippen molar-refractivity contribution < 1.29 is 0 Å². The van der Waals surface area contributed by atoms with Crippen LogP contribution in [0.5, 0.6) is 0 Å². The number of nitrogens with one attached hydrogen (secondary N) is 1. The highest BCUT2D eigenvalue weighted by atomic mass is 14.9. The summed E-state index contributed by atoms with van der Waals surface area (Å²) in [6.07, 6.45) is 9.79. The third-order valence-electron chi connectivity index (χ3n) is 6.21. The Labute approximate surface area is 150 Å². The van der Waals surface area contributed by atoms with Crippen molar-refractivity contribution in [3.63, 3.8) is 0 Å². The number of benzene rings is 1. The maximum atomic E-state index is 4.45. The van der Waals surface area contributed by atoms with Crippen LogP contribution in [0.3, 0.4) is 0 Å². The first-order valence-corrected chi connectivity index (χ1v) is 9.26. The predicted molar refractivity (Wildman–Crippen MR) is 105 cm³/mol. The molecule has 4 atom stereocenters. The summed E-state index contributed by atoms with van der Waals surface area (Å²) >= 11 is 0. The Morgan fingerprint density at radius 2 is 1.92 bits per heavy atom. The van der Waals surface area contributed by atoms with Crippen molar-refractivity contribution >= 4 is 11.8 Å². The molecule has 2 saturated carbocycles. The lowest BCUT2D eigenvalue weighted by atomic mass is 9.74. The quantitative estimate of drug-likeness (QED) is 0.750. The summed E-state index contributed by atoms with van der Waals surface area (Å²) in [4.78, 5) is 4.20. The fourth-order valence-corrected chi connectivity index (χ4v) is 5.06. The number of aryl methyl sites for hydroxylation is 1. The van der Waals surface area contributed by atoms with Gasteiger partial charge in [-0.25, -0.2) is 0 Å². The van der Waals surface area contributed by atoms with Crippen molar-refractivity contribution in [3.8, 4) is 0 Å². The second-order valence-electron chi connectivity index (χ2n) is 7.59. The third-order valence-corrected chi connectivity index (χ3v) is 6.21. The lowest BCUT2D eigenvalue weighted by molar-refractivity contribution is 0.329. The fourth-order valence-electron chi connectivity index (χ4n) is 5.06. The third kappa shape index (κ3) is 2.90. The molecule has 128 valence electrons. The van der Waals surface area contributed by atoms with Crippen LogP contribution in [0.25, 0.3) is 6.08 Å². The zero-order chi connectivity index (χ0) is 17.4. The number of aromatic nitrogens is 1. The fraction of sp³-hybridized carbons (Fsp3) is 0.348. The van der Waals surface area contributed by atoms with Crippen molar-refractivity contribution in [2.45, 2.75) is 32.1 Å². The minimum Gasteiger partial charge on any atom is -0.359 e. The van der Waals surface area contributed by atoms with Gasteiger partial charge in [-0.1, -0.05) is 25.3 Å². The summed E-state index contributed by atoms with van der Waals surface area (Å²) in [5.74, 6) is 2.63. The Balaban J connectivity index is 1.59. The molecule has 0 radical (unpaired) electrons. The zero-order valence-corrected chi connectivity index (χ0v) is 14.9. The van der Waals surface area contributed by atoms with Gasteiger partial charge >= 0.3 is 0 Å². The minimum absolute atomic E-state index is 0.509. The first kappa shape index (κ1) is 16.1. The van der Waals surface area contributed by atoms with Gasteiger partial charge in [0.1, 0.15) is 0 Å². The molecule has 1 aromatic carbocycles. The number of pyridine rings is 1. The van der Waals surface area contributed by atoms with E-state index in [0.717, 1.165) is 23.2 Å². The average Bonchev–Trinajstić information content (AvgIpc) is 3.25. The molecular formula is C23H26N2. The van der Waals surface area contributed by atoms with Crippen LogP contribution in [0.4, 0.5) is 5.69 Å². The highest BCUT2D eigenvalue weighted by Crippen LogP contribution is 2.58. The van der Waals surface area contributed by atoms with Crippen LogP contribution < -0.4 is 5.32 Å². The lowest BCUT2D eigenvalue weighted by Crippen LogP contribution is -2.25. The van der Waals surface area contributed by atoms with Gasteiger partial charge in [0, 0.05) is 29.7 Å². The first-order chi connectivity index (χ1) is 12.2. The van der Waals surface area contributed by atoms with Gasteiger partial charge in [-0.15, -0.1) is 0 Å². The van der Waals surface area contributed by atoms with Gasteiger partial charge in [-0.05, 0) is 84.9 Å². The Bertz CT molecular complexity index is 793. The van der Waals surface area contributed by atoms with Crippen LogP contribution in [-0.4, -0.2) is 4.98 Å². The largest absolute Gasteiger partial charge is 0.359 e. The highest BCUT2D eigenvalue weighted by Gasteiger charge is 2.49. The van der Waals surface area contributed by atoms with E-state index in [-0.39, 0.29) is 0 Å². The van der Waals surface area contributed by atoms with Gasteiger partial charge in [-0.3, -0.25) is 4.98 Å². The molecule has 25 heavy (non-hydrogen) atoms. The second-order valence-corrected chi connectivity index (χ2v) is 7.59. The van der Waals surface area contributed by atoms with Crippen molar-refractivity contribution in [2.24, 2.45) is 17.8 Å². The molecule has 2 fully saturated rings.